The lowest BCUT2D eigenvalue weighted by Crippen LogP contribution is -2.36. The van der Waals surface area contributed by atoms with Crippen molar-refractivity contribution in [2.75, 3.05) is 33.4 Å². The van der Waals surface area contributed by atoms with Gasteiger partial charge in [-0.15, -0.1) is 0 Å². The van der Waals surface area contributed by atoms with E-state index in [1.807, 2.05) is 49.5 Å². The molecule has 1 aromatic heterocycles. The van der Waals surface area contributed by atoms with E-state index in [0.29, 0.717) is 49.8 Å². The highest BCUT2D eigenvalue weighted by Gasteiger charge is 2.28. The Hall–Kier alpha value is -2.87. The minimum Gasteiger partial charge on any atom is -0.497 e. The van der Waals surface area contributed by atoms with Crippen LogP contribution in [0.25, 0.3) is 11.3 Å². The van der Waals surface area contributed by atoms with Gasteiger partial charge in [-0.05, 0) is 36.8 Å². The maximum atomic E-state index is 10.8. The molecule has 2 aromatic carbocycles. The van der Waals surface area contributed by atoms with Crippen LogP contribution in [0.15, 0.2) is 54.6 Å². The monoisotopic (exact) mass is 493 g/mol. The normalized spacial score (nSPS) is 14.4. The Balaban J connectivity index is 1.61. The minimum absolute atomic E-state index is 0.338. The van der Waals surface area contributed by atoms with Crippen molar-refractivity contribution in [3.05, 3.63) is 60.2 Å². The summed E-state index contributed by atoms with van der Waals surface area (Å²) in [5.41, 5.74) is 2.93. The summed E-state index contributed by atoms with van der Waals surface area (Å²) in [6, 6.07) is 17.8. The zero-order valence-electron chi connectivity index (χ0n) is 21.9. The van der Waals surface area contributed by atoms with E-state index >= 15 is 0 Å². The van der Waals surface area contributed by atoms with E-state index in [4.69, 9.17) is 19.3 Å². The summed E-state index contributed by atoms with van der Waals surface area (Å²) in [6.45, 7) is 7.31. The fourth-order valence-electron chi connectivity index (χ4n) is 4.31. The van der Waals surface area contributed by atoms with Crippen LogP contribution in [0.3, 0.4) is 0 Å². The number of aliphatic hydroxyl groups is 1. The molecule has 0 saturated heterocycles. The molecule has 0 spiro atoms. The van der Waals surface area contributed by atoms with Gasteiger partial charge in [0, 0.05) is 44.9 Å². The standard InChI is InChI=1S/C29H39N3O4/c1-21(2)19-35-20-24(33)17-32(16-22-13-14-22)18-27-28(23-9-6-5-7-10-23)30-31(3)29(27)36-26-12-8-11-25(15-26)34-4/h5-12,15,21-22,24,33H,13-14,16-20H2,1-4H3/t24-/m0/s1. The topological polar surface area (TPSA) is 69.0 Å². The Labute approximate surface area is 214 Å². The molecule has 4 rings (SSSR count). The third-order valence-electron chi connectivity index (χ3n) is 6.22. The number of methoxy groups -OCH3 is 1. The van der Waals surface area contributed by atoms with Crippen molar-refractivity contribution in [1.82, 2.24) is 14.7 Å². The quantitative estimate of drug-likeness (QED) is 0.336. The number of hydrogen-bond acceptors (Lipinski definition) is 6. The fraction of sp³-hybridized carbons (Fsp3) is 0.483. The molecule has 194 valence electrons. The summed E-state index contributed by atoms with van der Waals surface area (Å²) in [7, 11) is 3.55. The Morgan fingerprint density at radius 3 is 2.50 bits per heavy atom. The second-order valence-corrected chi connectivity index (χ2v) is 10.1. The van der Waals surface area contributed by atoms with Crippen LogP contribution in [0.2, 0.25) is 0 Å². The molecule has 1 heterocycles. The van der Waals surface area contributed by atoms with Crippen LogP contribution < -0.4 is 9.47 Å². The third kappa shape index (κ3) is 7.32. The van der Waals surface area contributed by atoms with Gasteiger partial charge in [-0.25, -0.2) is 4.68 Å². The summed E-state index contributed by atoms with van der Waals surface area (Å²) in [5, 5.41) is 15.6. The van der Waals surface area contributed by atoms with E-state index in [2.05, 4.69) is 30.9 Å². The molecule has 0 aliphatic heterocycles. The van der Waals surface area contributed by atoms with Gasteiger partial charge >= 0.3 is 0 Å². The molecule has 1 atom stereocenters. The number of hydrogen-bond donors (Lipinski definition) is 1. The second-order valence-electron chi connectivity index (χ2n) is 10.1. The van der Waals surface area contributed by atoms with Crippen LogP contribution >= 0.6 is 0 Å². The smallest absolute Gasteiger partial charge is 0.222 e. The van der Waals surface area contributed by atoms with Crippen LogP contribution in [0, 0.1) is 11.8 Å². The van der Waals surface area contributed by atoms with E-state index in [0.717, 1.165) is 29.1 Å². The van der Waals surface area contributed by atoms with E-state index in [1.165, 1.54) is 12.8 Å². The van der Waals surface area contributed by atoms with Gasteiger partial charge in [0.15, 0.2) is 0 Å². The molecule has 0 unspecified atom stereocenters. The van der Waals surface area contributed by atoms with Crippen LogP contribution in [0.4, 0.5) is 0 Å². The number of aliphatic hydroxyl groups excluding tert-OH is 1. The number of ether oxygens (including phenoxy) is 3. The van der Waals surface area contributed by atoms with Gasteiger partial charge in [0.2, 0.25) is 5.88 Å². The number of aryl methyl sites for hydroxylation is 1. The Morgan fingerprint density at radius 2 is 1.81 bits per heavy atom. The summed E-state index contributed by atoms with van der Waals surface area (Å²) < 4.78 is 19.3. The van der Waals surface area contributed by atoms with Gasteiger partial charge in [-0.2, -0.15) is 5.10 Å². The first-order chi connectivity index (χ1) is 17.4. The number of aromatic nitrogens is 2. The third-order valence-corrected chi connectivity index (χ3v) is 6.22. The molecule has 1 aliphatic rings. The predicted octanol–water partition coefficient (Wildman–Crippen LogP) is 5.13. The number of rotatable bonds is 14. The highest BCUT2D eigenvalue weighted by atomic mass is 16.5. The minimum atomic E-state index is -0.554. The molecule has 1 aliphatic carbocycles. The van der Waals surface area contributed by atoms with Crippen molar-refractivity contribution in [1.29, 1.82) is 0 Å². The van der Waals surface area contributed by atoms with Crippen LogP contribution in [-0.2, 0) is 18.3 Å². The number of nitrogens with zero attached hydrogens (tertiary/aromatic N) is 3. The van der Waals surface area contributed by atoms with Gasteiger partial charge in [0.1, 0.15) is 17.2 Å². The first-order valence-corrected chi connectivity index (χ1v) is 12.8. The van der Waals surface area contributed by atoms with Crippen LogP contribution in [0.5, 0.6) is 17.4 Å². The highest BCUT2D eigenvalue weighted by Crippen LogP contribution is 2.36. The average Bonchev–Trinajstić information content (AvgIpc) is 3.63. The van der Waals surface area contributed by atoms with Crippen molar-refractivity contribution in [2.45, 2.75) is 39.3 Å². The molecule has 36 heavy (non-hydrogen) atoms. The maximum Gasteiger partial charge on any atom is 0.222 e. The zero-order chi connectivity index (χ0) is 25.5. The summed E-state index contributed by atoms with van der Waals surface area (Å²) in [5.74, 6) is 3.23. The van der Waals surface area contributed by atoms with Gasteiger partial charge in [0.25, 0.3) is 0 Å². The van der Waals surface area contributed by atoms with Gasteiger partial charge < -0.3 is 19.3 Å². The van der Waals surface area contributed by atoms with Crippen LogP contribution in [0.1, 0.15) is 32.3 Å². The summed E-state index contributed by atoms with van der Waals surface area (Å²) >= 11 is 0. The molecule has 1 fully saturated rings. The molecular weight excluding hydrogens is 454 g/mol. The van der Waals surface area contributed by atoms with E-state index < -0.39 is 6.10 Å². The Morgan fingerprint density at radius 1 is 1.06 bits per heavy atom. The molecule has 3 aromatic rings. The van der Waals surface area contributed by atoms with Gasteiger partial charge in [-0.1, -0.05) is 50.2 Å². The molecule has 7 nitrogen and oxygen atoms in total. The predicted molar refractivity (Wildman–Crippen MR) is 141 cm³/mol. The van der Waals surface area contributed by atoms with E-state index in [1.54, 1.807) is 11.8 Å². The Bertz CT molecular complexity index is 1100. The van der Waals surface area contributed by atoms with Crippen molar-refractivity contribution in [2.24, 2.45) is 18.9 Å². The average molecular weight is 494 g/mol. The molecule has 0 bridgehead atoms. The first-order valence-electron chi connectivity index (χ1n) is 12.8. The molecule has 1 saturated carbocycles. The lowest BCUT2D eigenvalue weighted by atomic mass is 10.1. The molecule has 7 heteroatoms. The van der Waals surface area contributed by atoms with E-state index in [-0.39, 0.29) is 0 Å². The Kier molecular flexibility index (Phi) is 9.02. The van der Waals surface area contributed by atoms with Gasteiger partial charge in [0.05, 0.1) is 25.4 Å². The summed E-state index contributed by atoms with van der Waals surface area (Å²) in [4.78, 5) is 2.32. The first kappa shape index (κ1) is 26.2. The maximum absolute atomic E-state index is 10.8. The van der Waals surface area contributed by atoms with Crippen molar-refractivity contribution >= 4 is 0 Å². The zero-order valence-corrected chi connectivity index (χ0v) is 21.9. The number of benzene rings is 2. The van der Waals surface area contributed by atoms with Crippen LogP contribution in [-0.4, -0.2) is 59.3 Å². The largest absolute Gasteiger partial charge is 0.497 e. The highest BCUT2D eigenvalue weighted by molar-refractivity contribution is 5.65. The molecule has 1 N–H and O–H groups in total. The lowest BCUT2D eigenvalue weighted by molar-refractivity contribution is 0.00613. The second kappa shape index (κ2) is 12.4. The fourth-order valence-corrected chi connectivity index (χ4v) is 4.31. The van der Waals surface area contributed by atoms with Gasteiger partial charge in [-0.3, -0.25) is 4.90 Å². The molecule has 0 amide bonds. The van der Waals surface area contributed by atoms with Crippen molar-refractivity contribution in [3.63, 3.8) is 0 Å². The van der Waals surface area contributed by atoms with E-state index in [9.17, 15) is 5.11 Å². The lowest BCUT2D eigenvalue weighted by Gasteiger charge is -2.26. The molecular formula is C29H39N3O4. The summed E-state index contributed by atoms with van der Waals surface area (Å²) in [6.07, 6.45) is 1.92. The van der Waals surface area contributed by atoms with Crippen molar-refractivity contribution < 1.29 is 19.3 Å². The molecule has 0 radical (unpaired) electrons. The van der Waals surface area contributed by atoms with Crippen molar-refractivity contribution in [3.8, 4) is 28.6 Å². The SMILES string of the molecule is COc1cccc(Oc2c(CN(CC3CC3)C[C@H](O)COCC(C)C)c(-c3ccccc3)nn2C)c1.